The number of rotatable bonds is 9. The van der Waals surface area contributed by atoms with Crippen molar-refractivity contribution >= 4 is 35.7 Å². The highest BCUT2D eigenvalue weighted by Gasteiger charge is 2.06. The number of benzene rings is 2. The van der Waals surface area contributed by atoms with Gasteiger partial charge in [0.25, 0.3) is 0 Å². The maximum atomic E-state index is 2.30. The lowest BCUT2D eigenvalue weighted by Gasteiger charge is -2.25. The van der Waals surface area contributed by atoms with E-state index in [0.29, 0.717) is 0 Å². The lowest BCUT2D eigenvalue weighted by molar-refractivity contribution is -0.673. The van der Waals surface area contributed by atoms with Gasteiger partial charge in [-0.05, 0) is 59.7 Å². The fourth-order valence-corrected chi connectivity index (χ4v) is 4.02. The molecule has 4 rings (SSSR count). The molecule has 0 aliphatic carbocycles. The molecule has 198 valence electrons. The third-order valence-electron chi connectivity index (χ3n) is 6.52. The Morgan fingerprint density at radius 2 is 0.895 bits per heavy atom. The molecule has 0 unspecified atom stereocenters. The minimum Gasteiger partial charge on any atom is -1.00 e. The van der Waals surface area contributed by atoms with Crippen LogP contribution in [0.4, 0.5) is 11.4 Å². The summed E-state index contributed by atoms with van der Waals surface area (Å²) in [7, 11) is 8.43. The van der Waals surface area contributed by atoms with E-state index in [1.165, 1.54) is 33.9 Å². The van der Waals surface area contributed by atoms with Gasteiger partial charge in [0.1, 0.15) is 14.1 Å². The number of pyridine rings is 2. The molecule has 6 heteroatoms. The van der Waals surface area contributed by atoms with E-state index in [2.05, 4.69) is 157 Å². The van der Waals surface area contributed by atoms with Crippen LogP contribution in [0.5, 0.6) is 0 Å². The number of aromatic nitrogens is 2. The molecule has 0 amide bonds. The summed E-state index contributed by atoms with van der Waals surface area (Å²) in [5.74, 6) is 0. The van der Waals surface area contributed by atoms with E-state index in [9.17, 15) is 0 Å². The van der Waals surface area contributed by atoms with E-state index in [4.69, 9.17) is 0 Å². The minimum atomic E-state index is 0. The third-order valence-corrected chi connectivity index (χ3v) is 6.52. The van der Waals surface area contributed by atoms with Gasteiger partial charge in [0, 0.05) is 75.0 Å². The van der Waals surface area contributed by atoms with Gasteiger partial charge >= 0.3 is 0 Å². The van der Waals surface area contributed by atoms with E-state index < -0.39 is 0 Å². The van der Waals surface area contributed by atoms with Gasteiger partial charge in [0.2, 0.25) is 11.4 Å². The zero-order chi connectivity index (χ0) is 25.3. The van der Waals surface area contributed by atoms with Gasteiger partial charge in [-0.15, -0.1) is 0 Å². The topological polar surface area (TPSA) is 14.2 Å². The fourth-order valence-electron chi connectivity index (χ4n) is 4.02. The van der Waals surface area contributed by atoms with Crippen molar-refractivity contribution in [3.8, 4) is 0 Å². The Morgan fingerprint density at radius 1 is 0.526 bits per heavy atom. The molecule has 0 aliphatic rings. The highest BCUT2D eigenvalue weighted by Crippen LogP contribution is 2.18. The molecular weight excluding hydrogens is 511 g/mol. The molecule has 2 heterocycles. The van der Waals surface area contributed by atoms with Crippen LogP contribution in [0, 0.1) is 0 Å². The molecule has 2 aromatic heterocycles. The summed E-state index contributed by atoms with van der Waals surface area (Å²) in [5, 5.41) is 0. The predicted molar refractivity (Wildman–Crippen MR) is 153 cm³/mol. The molecule has 4 aromatic rings. The number of likely N-dealkylation sites (N-methyl/N-ethyl adjacent to an activating group) is 2. The fraction of sp³-hybridized carbons (Fsp3) is 0.188. The van der Waals surface area contributed by atoms with Crippen LogP contribution in [0.25, 0.3) is 24.3 Å². The quantitative estimate of drug-likeness (QED) is 0.257. The molecule has 0 aliphatic heterocycles. The summed E-state index contributed by atoms with van der Waals surface area (Å²) < 4.78 is 4.23. The standard InChI is InChI=1S/C32H36N4.2ClH/c1-33-23-7-5-9-29(33)17-11-27-13-19-31(20-14-27)35(3)25-26-36(4)32-21-15-28(16-22-32)12-18-30-10-6-8-24-34(30)2;;/h5-24H,25-26H2,1-4H3;2*1H/q+2;;/p-2. The van der Waals surface area contributed by atoms with Gasteiger partial charge in [0.05, 0.1) is 0 Å². The minimum absolute atomic E-state index is 0. The Kier molecular flexibility index (Phi) is 12.1. The summed E-state index contributed by atoms with van der Waals surface area (Å²) in [6.45, 7) is 1.88. The maximum Gasteiger partial charge on any atom is 0.204 e. The number of aryl methyl sites for hydroxylation is 2. The zero-order valence-corrected chi connectivity index (χ0v) is 24.0. The van der Waals surface area contributed by atoms with Crippen LogP contribution in [0.3, 0.4) is 0 Å². The van der Waals surface area contributed by atoms with Crippen molar-refractivity contribution in [2.75, 3.05) is 37.0 Å². The second-order valence-electron chi connectivity index (χ2n) is 9.17. The zero-order valence-electron chi connectivity index (χ0n) is 22.5. The van der Waals surface area contributed by atoms with Crippen molar-refractivity contribution in [1.29, 1.82) is 0 Å². The van der Waals surface area contributed by atoms with Gasteiger partial charge in [0.15, 0.2) is 12.4 Å². The monoisotopic (exact) mass is 546 g/mol. The smallest absolute Gasteiger partial charge is 0.204 e. The molecule has 2 aromatic carbocycles. The van der Waals surface area contributed by atoms with Crippen LogP contribution in [-0.4, -0.2) is 27.2 Å². The number of anilines is 2. The van der Waals surface area contributed by atoms with Crippen LogP contribution in [0.15, 0.2) is 97.3 Å². The largest absolute Gasteiger partial charge is 1.00 e. The highest BCUT2D eigenvalue weighted by molar-refractivity contribution is 5.69. The lowest BCUT2D eigenvalue weighted by Crippen LogP contribution is -3.00. The lowest BCUT2D eigenvalue weighted by atomic mass is 10.1. The summed E-state index contributed by atoms with van der Waals surface area (Å²) >= 11 is 0. The average Bonchev–Trinajstić information content (AvgIpc) is 2.91. The highest BCUT2D eigenvalue weighted by atomic mass is 35.5. The van der Waals surface area contributed by atoms with Crippen molar-refractivity contribution in [1.82, 2.24) is 0 Å². The van der Waals surface area contributed by atoms with Crippen LogP contribution >= 0.6 is 0 Å². The molecule has 0 fully saturated rings. The van der Waals surface area contributed by atoms with Crippen LogP contribution in [0.2, 0.25) is 0 Å². The molecule has 0 N–H and O–H groups in total. The Morgan fingerprint density at radius 3 is 1.24 bits per heavy atom. The second-order valence-corrected chi connectivity index (χ2v) is 9.17. The van der Waals surface area contributed by atoms with Crippen molar-refractivity contribution in [2.24, 2.45) is 14.1 Å². The molecule has 0 saturated carbocycles. The summed E-state index contributed by atoms with van der Waals surface area (Å²) in [6.07, 6.45) is 12.7. The molecule has 0 atom stereocenters. The SMILES string of the molecule is CN(CCN(C)c1ccc(/C=C/c2cccc[n+]2C)cc1)c1ccc(/C=C/c2cccc[n+]2C)cc1.[Cl-].[Cl-]. The number of halogens is 2. The van der Waals surface area contributed by atoms with Gasteiger partial charge < -0.3 is 34.6 Å². The van der Waals surface area contributed by atoms with Gasteiger partial charge in [-0.25, -0.2) is 9.13 Å². The maximum absolute atomic E-state index is 2.30. The molecule has 0 bridgehead atoms. The van der Waals surface area contributed by atoms with Crippen LogP contribution < -0.4 is 43.7 Å². The van der Waals surface area contributed by atoms with Gasteiger partial charge in [-0.2, -0.15) is 0 Å². The van der Waals surface area contributed by atoms with E-state index in [1.807, 2.05) is 12.1 Å². The molecule has 0 radical (unpaired) electrons. The van der Waals surface area contributed by atoms with Crippen molar-refractivity contribution in [3.05, 3.63) is 120 Å². The van der Waals surface area contributed by atoms with Gasteiger partial charge in [-0.3, -0.25) is 0 Å². The molecular formula is C32H36Cl2N4. The van der Waals surface area contributed by atoms with E-state index >= 15 is 0 Å². The number of hydrogen-bond donors (Lipinski definition) is 0. The Bertz CT molecular complexity index is 1230. The summed E-state index contributed by atoms with van der Waals surface area (Å²) in [4.78, 5) is 4.61. The molecule has 0 spiro atoms. The first-order valence-corrected chi connectivity index (χ1v) is 12.4. The normalized spacial score (nSPS) is 10.7. The van der Waals surface area contributed by atoms with Crippen molar-refractivity contribution in [3.63, 3.8) is 0 Å². The summed E-state index contributed by atoms with van der Waals surface area (Å²) in [6, 6.07) is 29.9. The van der Waals surface area contributed by atoms with Crippen molar-refractivity contribution < 1.29 is 33.9 Å². The molecule has 4 nitrogen and oxygen atoms in total. The van der Waals surface area contributed by atoms with Crippen LogP contribution in [0.1, 0.15) is 22.5 Å². The number of hydrogen-bond acceptors (Lipinski definition) is 2. The first kappa shape index (κ1) is 30.6. The first-order chi connectivity index (χ1) is 17.5. The van der Waals surface area contributed by atoms with E-state index in [0.717, 1.165) is 13.1 Å². The van der Waals surface area contributed by atoms with Crippen LogP contribution in [-0.2, 0) is 14.1 Å². The molecule has 38 heavy (non-hydrogen) atoms. The summed E-state index contributed by atoms with van der Waals surface area (Å²) in [5.41, 5.74) is 7.19. The number of nitrogens with zero attached hydrogens (tertiary/aromatic N) is 4. The Labute approximate surface area is 240 Å². The predicted octanol–water partition coefficient (Wildman–Crippen LogP) is -0.743. The third kappa shape index (κ3) is 8.47. The second kappa shape index (κ2) is 15.0. The van der Waals surface area contributed by atoms with E-state index in [-0.39, 0.29) is 24.8 Å². The molecule has 0 saturated heterocycles. The van der Waals surface area contributed by atoms with E-state index in [1.54, 1.807) is 0 Å². The Hall–Kier alpha value is -3.60. The Balaban J connectivity index is 0.00000253. The van der Waals surface area contributed by atoms with Gasteiger partial charge in [-0.1, -0.05) is 24.3 Å². The van der Waals surface area contributed by atoms with Crippen molar-refractivity contribution in [2.45, 2.75) is 0 Å². The first-order valence-electron chi connectivity index (χ1n) is 12.4. The average molecular weight is 548 g/mol.